The van der Waals surface area contributed by atoms with Crippen LogP contribution >= 0.6 is 0 Å². The number of hydrogen-bond acceptors (Lipinski definition) is 5. The van der Waals surface area contributed by atoms with Gasteiger partial charge in [-0.05, 0) is 54.7 Å². The molecule has 2 unspecified atom stereocenters. The molecule has 2 aliphatic carbocycles. The van der Waals surface area contributed by atoms with Gasteiger partial charge in [0.25, 0.3) is 10.0 Å². The number of nitrogens with zero attached hydrogens (tertiary/aromatic N) is 2. The summed E-state index contributed by atoms with van der Waals surface area (Å²) in [4.78, 5) is 31.5. The van der Waals surface area contributed by atoms with Crippen molar-refractivity contribution in [1.82, 2.24) is 4.98 Å². The standard InChI is InChI=1S/C24H19N3O4S/c28-23-20-15-6-7-16(13-15)21(20)24(29)27(23)17-8-10-18(11-9-17)32(30,31)26-19-5-1-3-14-4-2-12-25-22(14)19/h1-12,15-16,20-21,26H,13H2/t15-,16+,20?,21?. The molecule has 160 valence electrons. The fraction of sp³-hybridized carbons (Fsp3) is 0.208. The van der Waals surface area contributed by atoms with Crippen LogP contribution in [0.2, 0.25) is 0 Å². The van der Waals surface area contributed by atoms with E-state index in [1.54, 1.807) is 24.4 Å². The number of allylic oxidation sites excluding steroid dienone is 2. The molecule has 3 aliphatic rings. The van der Waals surface area contributed by atoms with Gasteiger partial charge in [-0.15, -0.1) is 0 Å². The summed E-state index contributed by atoms with van der Waals surface area (Å²) in [6.45, 7) is 0. The van der Waals surface area contributed by atoms with Gasteiger partial charge < -0.3 is 0 Å². The van der Waals surface area contributed by atoms with Crippen LogP contribution in [0.1, 0.15) is 6.42 Å². The molecule has 2 aromatic carbocycles. The Hall–Kier alpha value is -3.52. The summed E-state index contributed by atoms with van der Waals surface area (Å²) in [6.07, 6.45) is 6.57. The van der Waals surface area contributed by atoms with Crippen LogP contribution in [-0.4, -0.2) is 25.2 Å². The molecule has 6 rings (SSSR count). The first-order valence-corrected chi connectivity index (χ1v) is 12.0. The maximum atomic E-state index is 13.0. The van der Waals surface area contributed by atoms with Crippen molar-refractivity contribution in [2.45, 2.75) is 11.3 Å². The summed E-state index contributed by atoms with van der Waals surface area (Å²) < 4.78 is 28.5. The van der Waals surface area contributed by atoms with E-state index in [0.717, 1.165) is 11.8 Å². The SMILES string of the molecule is O=C1C2C(C(=O)N1c1ccc(S(=O)(=O)Nc3cccc4cccnc34)cc1)[C@H]1C=C[C@@H]2C1. The number of fused-ring (bicyclic) bond motifs is 6. The Bertz CT molecular complexity index is 1380. The molecule has 2 amide bonds. The lowest BCUT2D eigenvalue weighted by atomic mass is 9.85. The molecule has 0 spiro atoms. The van der Waals surface area contributed by atoms with E-state index in [-0.39, 0.29) is 40.4 Å². The summed E-state index contributed by atoms with van der Waals surface area (Å²) in [6, 6.07) is 14.8. The van der Waals surface area contributed by atoms with E-state index in [9.17, 15) is 18.0 Å². The molecule has 4 atom stereocenters. The van der Waals surface area contributed by atoms with Crippen molar-refractivity contribution in [1.29, 1.82) is 0 Å². The number of nitrogens with one attached hydrogen (secondary N) is 1. The Morgan fingerprint density at radius 1 is 0.875 bits per heavy atom. The molecule has 7 nitrogen and oxygen atoms in total. The highest BCUT2D eigenvalue weighted by Crippen LogP contribution is 2.53. The predicted molar refractivity (Wildman–Crippen MR) is 119 cm³/mol. The van der Waals surface area contributed by atoms with Crippen LogP contribution in [0.5, 0.6) is 0 Å². The smallest absolute Gasteiger partial charge is 0.261 e. The number of pyridine rings is 1. The van der Waals surface area contributed by atoms with Gasteiger partial charge in [0.15, 0.2) is 0 Å². The number of para-hydroxylation sites is 1. The minimum absolute atomic E-state index is 0.0372. The average molecular weight is 446 g/mol. The van der Waals surface area contributed by atoms with Crippen molar-refractivity contribution >= 4 is 44.1 Å². The van der Waals surface area contributed by atoms with Gasteiger partial charge >= 0.3 is 0 Å². The van der Waals surface area contributed by atoms with Crippen LogP contribution in [0.25, 0.3) is 10.9 Å². The topological polar surface area (TPSA) is 96.4 Å². The third kappa shape index (κ3) is 2.72. The van der Waals surface area contributed by atoms with Crippen molar-refractivity contribution < 1.29 is 18.0 Å². The van der Waals surface area contributed by atoms with Crippen LogP contribution in [0.15, 0.2) is 77.8 Å². The Balaban J connectivity index is 1.28. The summed E-state index contributed by atoms with van der Waals surface area (Å²) in [5.74, 6) is -0.697. The van der Waals surface area contributed by atoms with Gasteiger partial charge in [-0.1, -0.05) is 30.4 Å². The zero-order chi connectivity index (χ0) is 22.0. The fourth-order valence-corrected chi connectivity index (χ4v) is 6.39. The van der Waals surface area contributed by atoms with Gasteiger partial charge in [0.05, 0.1) is 33.6 Å². The number of aromatic nitrogens is 1. The van der Waals surface area contributed by atoms with Crippen molar-refractivity contribution in [2.24, 2.45) is 23.7 Å². The normalized spacial score (nSPS) is 26.2. The summed E-state index contributed by atoms with van der Waals surface area (Å²) >= 11 is 0. The van der Waals surface area contributed by atoms with E-state index in [2.05, 4.69) is 9.71 Å². The van der Waals surface area contributed by atoms with E-state index in [1.807, 2.05) is 24.3 Å². The van der Waals surface area contributed by atoms with E-state index in [0.29, 0.717) is 16.9 Å². The van der Waals surface area contributed by atoms with Crippen molar-refractivity contribution in [3.8, 4) is 0 Å². The number of hydrogen-bond donors (Lipinski definition) is 1. The first-order valence-electron chi connectivity index (χ1n) is 10.5. The number of benzene rings is 2. The van der Waals surface area contributed by atoms with Gasteiger partial charge in [-0.2, -0.15) is 0 Å². The van der Waals surface area contributed by atoms with Crippen LogP contribution in [0, 0.1) is 23.7 Å². The fourth-order valence-electron chi connectivity index (χ4n) is 5.32. The van der Waals surface area contributed by atoms with Crippen molar-refractivity contribution in [3.05, 3.63) is 72.9 Å². The second kappa shape index (κ2) is 6.74. The Morgan fingerprint density at radius 2 is 1.53 bits per heavy atom. The molecule has 2 bridgehead atoms. The van der Waals surface area contributed by atoms with Crippen LogP contribution in [0.3, 0.4) is 0 Å². The van der Waals surface area contributed by atoms with Gasteiger partial charge in [0, 0.05) is 11.6 Å². The first-order chi connectivity index (χ1) is 15.4. The molecular weight excluding hydrogens is 426 g/mol. The van der Waals surface area contributed by atoms with Gasteiger partial charge in [0.2, 0.25) is 11.8 Å². The maximum Gasteiger partial charge on any atom is 0.261 e. The van der Waals surface area contributed by atoms with Crippen LogP contribution < -0.4 is 9.62 Å². The lowest BCUT2D eigenvalue weighted by Crippen LogP contribution is -2.32. The minimum Gasteiger partial charge on any atom is -0.277 e. The zero-order valence-electron chi connectivity index (χ0n) is 16.9. The van der Waals surface area contributed by atoms with Crippen LogP contribution in [0.4, 0.5) is 11.4 Å². The summed E-state index contributed by atoms with van der Waals surface area (Å²) in [7, 11) is -3.88. The number of carbonyl (C=O) groups is 2. The molecular formula is C24H19N3O4S. The minimum atomic E-state index is -3.88. The number of carbonyl (C=O) groups excluding carboxylic acids is 2. The van der Waals surface area contributed by atoms with Gasteiger partial charge in [-0.25, -0.2) is 8.42 Å². The molecule has 1 saturated carbocycles. The van der Waals surface area contributed by atoms with Gasteiger partial charge in [-0.3, -0.25) is 24.2 Å². The molecule has 32 heavy (non-hydrogen) atoms. The van der Waals surface area contributed by atoms with Crippen molar-refractivity contribution in [2.75, 3.05) is 9.62 Å². The second-order valence-electron chi connectivity index (χ2n) is 8.49. The maximum absolute atomic E-state index is 13.0. The highest BCUT2D eigenvalue weighted by Gasteiger charge is 2.59. The molecule has 1 aromatic heterocycles. The van der Waals surface area contributed by atoms with Crippen LogP contribution in [-0.2, 0) is 19.6 Å². The lowest BCUT2D eigenvalue weighted by molar-refractivity contribution is -0.123. The predicted octanol–water partition coefficient (Wildman–Crippen LogP) is 3.35. The zero-order valence-corrected chi connectivity index (χ0v) is 17.7. The number of rotatable bonds is 4. The second-order valence-corrected chi connectivity index (χ2v) is 10.2. The Kier molecular flexibility index (Phi) is 4.04. The summed E-state index contributed by atoms with van der Waals surface area (Å²) in [5, 5.41) is 0.822. The lowest BCUT2D eigenvalue weighted by Gasteiger charge is -2.18. The molecule has 2 heterocycles. The Morgan fingerprint density at radius 3 is 2.22 bits per heavy atom. The molecule has 3 aromatic rings. The molecule has 1 N–H and O–H groups in total. The quantitative estimate of drug-likeness (QED) is 0.491. The number of anilines is 2. The van der Waals surface area contributed by atoms with E-state index in [1.165, 1.54) is 29.2 Å². The van der Waals surface area contributed by atoms with E-state index >= 15 is 0 Å². The number of amides is 2. The monoisotopic (exact) mass is 445 g/mol. The van der Waals surface area contributed by atoms with Crippen molar-refractivity contribution in [3.63, 3.8) is 0 Å². The molecule has 2 fully saturated rings. The molecule has 1 aliphatic heterocycles. The highest BCUT2D eigenvalue weighted by atomic mass is 32.2. The van der Waals surface area contributed by atoms with E-state index < -0.39 is 10.0 Å². The largest absolute Gasteiger partial charge is 0.277 e. The summed E-state index contributed by atoms with van der Waals surface area (Å²) in [5.41, 5.74) is 1.34. The molecule has 8 heteroatoms. The third-order valence-electron chi connectivity index (χ3n) is 6.75. The molecule has 1 saturated heterocycles. The molecule has 0 radical (unpaired) electrons. The highest BCUT2D eigenvalue weighted by molar-refractivity contribution is 7.92. The number of sulfonamides is 1. The van der Waals surface area contributed by atoms with E-state index in [4.69, 9.17) is 0 Å². The number of imide groups is 1. The average Bonchev–Trinajstić information content (AvgIpc) is 3.48. The Labute approximate surface area is 184 Å². The third-order valence-corrected chi connectivity index (χ3v) is 8.13. The van der Waals surface area contributed by atoms with Gasteiger partial charge in [0.1, 0.15) is 0 Å². The first kappa shape index (κ1) is 19.2.